The van der Waals surface area contributed by atoms with Gasteiger partial charge in [0.25, 0.3) is 0 Å². The molecule has 0 atom stereocenters. The predicted octanol–water partition coefficient (Wildman–Crippen LogP) is 30.1. The fraction of sp³-hybridized carbons (Fsp3) is 0.682. The van der Waals surface area contributed by atoms with E-state index in [9.17, 15) is 10.2 Å². The van der Waals surface area contributed by atoms with E-state index in [1.165, 1.54) is 156 Å². The normalized spacial score (nSPS) is 13.3. The van der Waals surface area contributed by atoms with Crippen LogP contribution in [0.5, 0.6) is 23.0 Å². The summed E-state index contributed by atoms with van der Waals surface area (Å²) in [6.07, 6.45) is 26.8. The SMILES string of the molecule is CC(C)[Si](c1cc2c(O)cc3c(cc(O)c4cc([Si](C(C)C)(C(C)C)C(C)C)sc43)c2s1)(C(C)C)C(C)C.CCCCCCCCCCCCOc1cc2c(cc(OCCCCCCCCCCCC)c3cc([Si](C(C)C)(C(C)C)C(C)C)sc32)c2sc([Si](C(C)C)(C(C)C)C(C)C)cc12. The van der Waals surface area contributed by atoms with Gasteiger partial charge in [-0.15, -0.1) is 45.3 Å². The van der Waals surface area contributed by atoms with Crippen LogP contribution in [0, 0.1) is 0 Å². The van der Waals surface area contributed by atoms with Crippen LogP contribution < -0.4 is 27.5 Å². The Morgan fingerprint density at radius 3 is 0.660 bits per heavy atom. The highest BCUT2D eigenvalue weighted by Gasteiger charge is 2.50. The van der Waals surface area contributed by atoms with Crippen LogP contribution in [0.15, 0.2) is 48.5 Å². The maximum absolute atomic E-state index is 11.4. The molecule has 4 heterocycles. The van der Waals surface area contributed by atoms with Crippen molar-refractivity contribution in [2.45, 2.75) is 375 Å². The monoisotopic (exact) mass is 1500 g/mol. The molecular weight excluding hydrogens is 1360 g/mol. The standard InChI is InChI=1S/C56H96O2S2Si2.C32H48O2S2Si2/c1-15-17-19-21-23-25-27-29-31-33-35-57-51-37-47-48(55-49(51)39-53(59-55)61(41(3)4,42(5)6)43(7)8)38-52(58-36-34-32-30-28-26-24-22-20-18-16-2)50-40-54(60-56(47)50)62(44(9)10,45(11)12)46(13)14;1-17(2)37(18(3)4,19(5)6)29-15-25-27(33)14-24-23(31(25)35-29)13-28(34)26-16-30(36-32(24)26)38(20(7)8,21(9)10)22(11)12/h37-46H,15-36H2,1-14H3;13-22,33-34H,1-12H3. The lowest BCUT2D eigenvalue weighted by molar-refractivity contribution is 0.307. The van der Waals surface area contributed by atoms with Crippen LogP contribution in [0.2, 0.25) is 66.5 Å². The average Bonchev–Trinajstić information content (AvgIpc) is 1.56. The molecule has 2 N–H and O–H groups in total. The Morgan fingerprint density at radius 1 is 0.250 bits per heavy atom. The number of benzene rings is 4. The van der Waals surface area contributed by atoms with Gasteiger partial charge in [0.1, 0.15) is 55.3 Å². The zero-order valence-corrected chi connectivity index (χ0v) is 75.7. The van der Waals surface area contributed by atoms with E-state index < -0.39 is 32.3 Å². The molecule has 4 aromatic heterocycles. The molecule has 0 saturated heterocycles. The number of phenols is 2. The van der Waals surface area contributed by atoms with Gasteiger partial charge >= 0.3 is 0 Å². The lowest BCUT2D eigenvalue weighted by Gasteiger charge is -2.42. The number of hydrogen-bond acceptors (Lipinski definition) is 8. The zero-order valence-electron chi connectivity index (χ0n) is 68.4. The number of thiophene rings is 4. The molecule has 0 spiro atoms. The first-order valence-electron chi connectivity index (χ1n) is 40.9. The van der Waals surface area contributed by atoms with E-state index in [0.717, 1.165) is 68.5 Å². The molecule has 0 aliphatic rings. The molecule has 0 amide bonds. The first kappa shape index (κ1) is 84.6. The summed E-state index contributed by atoms with van der Waals surface area (Å²) in [5.41, 5.74) is 7.56. The molecule has 0 aliphatic carbocycles. The van der Waals surface area contributed by atoms with Gasteiger partial charge in [0.2, 0.25) is 0 Å². The fourth-order valence-corrected chi connectivity index (χ4v) is 61.8. The largest absolute Gasteiger partial charge is 0.507 e. The number of phenolic OH excluding ortho intramolecular Hbond substituents is 2. The van der Waals surface area contributed by atoms with Crippen molar-refractivity contribution in [2.75, 3.05) is 13.2 Å². The van der Waals surface area contributed by atoms with Crippen molar-refractivity contribution < 1.29 is 19.7 Å². The van der Waals surface area contributed by atoms with Gasteiger partial charge in [-0.05, 0) is 146 Å². The summed E-state index contributed by atoms with van der Waals surface area (Å²) in [6.45, 7) is 65.1. The first-order chi connectivity index (χ1) is 47.3. The number of hydrogen-bond donors (Lipinski definition) is 2. The van der Waals surface area contributed by atoms with Crippen LogP contribution in [-0.2, 0) is 0 Å². The molecular formula is C88H144O4S4Si4. The second-order valence-electron chi connectivity index (χ2n) is 34.8. The van der Waals surface area contributed by atoms with Crippen molar-refractivity contribution >= 4 is 158 Å². The molecule has 4 nitrogen and oxygen atoms in total. The molecule has 8 rings (SSSR count). The summed E-state index contributed by atoms with van der Waals surface area (Å²) in [7, 11) is -7.54. The van der Waals surface area contributed by atoms with Gasteiger partial charge in [-0.3, -0.25) is 0 Å². The third-order valence-corrected chi connectivity index (χ3v) is 61.7. The van der Waals surface area contributed by atoms with Gasteiger partial charge in [0.05, 0.1) is 13.2 Å². The summed E-state index contributed by atoms with van der Waals surface area (Å²) in [5.74, 6) is 2.97. The maximum atomic E-state index is 11.4. The van der Waals surface area contributed by atoms with E-state index in [-0.39, 0.29) is 0 Å². The Kier molecular flexibility index (Phi) is 31.5. The molecule has 560 valence electrons. The number of ether oxygens (including phenoxy) is 2. The number of fused-ring (bicyclic) bond motifs is 10. The van der Waals surface area contributed by atoms with E-state index in [1.54, 1.807) is 9.00 Å². The molecule has 4 aromatic carbocycles. The topological polar surface area (TPSA) is 58.9 Å². The first-order valence-corrected chi connectivity index (χ1v) is 53.1. The molecule has 100 heavy (non-hydrogen) atoms. The van der Waals surface area contributed by atoms with Gasteiger partial charge < -0.3 is 19.7 Å². The van der Waals surface area contributed by atoms with Gasteiger partial charge in [-0.25, -0.2) is 0 Å². The van der Waals surface area contributed by atoms with Gasteiger partial charge in [0.15, 0.2) is 0 Å². The van der Waals surface area contributed by atoms with Crippen molar-refractivity contribution in [3.8, 4) is 23.0 Å². The number of rotatable bonds is 40. The number of aromatic hydroxyl groups is 2. The Bertz CT molecular complexity index is 3510. The summed E-state index contributed by atoms with van der Waals surface area (Å²) < 4.78 is 25.4. The number of unbranched alkanes of at least 4 members (excludes halogenated alkanes) is 18. The molecule has 0 fully saturated rings. The van der Waals surface area contributed by atoms with Crippen molar-refractivity contribution in [1.29, 1.82) is 0 Å². The van der Waals surface area contributed by atoms with Gasteiger partial charge in [-0.1, -0.05) is 296 Å². The van der Waals surface area contributed by atoms with Crippen molar-refractivity contribution in [3.05, 3.63) is 48.5 Å². The Balaban J connectivity index is 0.000000314. The molecule has 0 aliphatic heterocycles. The minimum Gasteiger partial charge on any atom is -0.507 e. The minimum atomic E-state index is -1.90. The van der Waals surface area contributed by atoms with Crippen LogP contribution in [-0.4, -0.2) is 55.7 Å². The minimum absolute atomic E-state index is 0.371. The second kappa shape index (κ2) is 37.2. The third-order valence-electron chi connectivity index (χ3n) is 25.4. The van der Waals surface area contributed by atoms with Crippen LogP contribution >= 0.6 is 45.3 Å². The van der Waals surface area contributed by atoms with Crippen LogP contribution in [0.25, 0.3) is 61.9 Å². The fourth-order valence-electron chi connectivity index (χ4n) is 21.1. The molecule has 0 saturated carbocycles. The summed E-state index contributed by atoms with van der Waals surface area (Å²) >= 11 is 8.01. The van der Waals surface area contributed by atoms with E-state index in [2.05, 4.69) is 239 Å². The highest BCUT2D eigenvalue weighted by atomic mass is 32.1. The molecule has 12 heteroatoms. The highest BCUT2D eigenvalue weighted by molar-refractivity contribution is 7.35. The van der Waals surface area contributed by atoms with Gasteiger partial charge in [0, 0.05) is 61.9 Å². The van der Waals surface area contributed by atoms with Crippen molar-refractivity contribution in [1.82, 2.24) is 0 Å². The molecule has 0 unspecified atom stereocenters. The van der Waals surface area contributed by atoms with Crippen molar-refractivity contribution in [2.24, 2.45) is 0 Å². The summed E-state index contributed by atoms with van der Waals surface area (Å²) in [4.78, 5) is 0. The lowest BCUT2D eigenvalue weighted by atomic mass is 10.0. The molecule has 0 radical (unpaired) electrons. The van der Waals surface area contributed by atoms with E-state index in [4.69, 9.17) is 9.47 Å². The Morgan fingerprint density at radius 2 is 0.440 bits per heavy atom. The Labute approximate surface area is 631 Å². The van der Waals surface area contributed by atoms with E-state index in [1.807, 2.05) is 34.8 Å². The van der Waals surface area contributed by atoms with Crippen LogP contribution in [0.3, 0.4) is 0 Å². The van der Waals surface area contributed by atoms with Gasteiger partial charge in [-0.2, -0.15) is 0 Å². The maximum Gasteiger partial charge on any atom is 0.128 e. The average molecular weight is 1510 g/mol. The smallest absolute Gasteiger partial charge is 0.128 e. The van der Waals surface area contributed by atoms with Crippen LogP contribution in [0.1, 0.15) is 308 Å². The molecule has 8 aromatic rings. The van der Waals surface area contributed by atoms with Crippen LogP contribution in [0.4, 0.5) is 0 Å². The summed E-state index contributed by atoms with van der Waals surface area (Å²) in [6, 6.07) is 18.8. The third kappa shape index (κ3) is 17.0. The predicted molar refractivity (Wildman–Crippen MR) is 470 cm³/mol. The lowest BCUT2D eigenvalue weighted by Crippen LogP contribution is -2.54. The zero-order chi connectivity index (χ0) is 73.9. The summed E-state index contributed by atoms with van der Waals surface area (Å²) in [5, 5.41) is 32.3. The quantitative estimate of drug-likeness (QED) is 0.0297. The van der Waals surface area contributed by atoms with E-state index in [0.29, 0.717) is 78.0 Å². The highest BCUT2D eigenvalue weighted by Crippen LogP contribution is 2.53. The van der Waals surface area contributed by atoms with E-state index >= 15 is 0 Å². The Hall–Kier alpha value is -2.69. The molecule has 0 bridgehead atoms. The van der Waals surface area contributed by atoms with Crippen molar-refractivity contribution in [3.63, 3.8) is 0 Å². The second-order valence-corrected chi connectivity index (χ2v) is 63.9.